The minimum atomic E-state index is -0.871. The van der Waals surface area contributed by atoms with Gasteiger partial charge in [0.15, 0.2) is 0 Å². The van der Waals surface area contributed by atoms with Crippen LogP contribution in [0.5, 0.6) is 0 Å². The van der Waals surface area contributed by atoms with E-state index in [4.69, 9.17) is 4.43 Å². The highest BCUT2D eigenvalue weighted by atomic mass is 32.1. The molecule has 2 nitrogen and oxygen atoms in total. The van der Waals surface area contributed by atoms with Crippen LogP contribution in [0, 0.1) is 5.41 Å². The van der Waals surface area contributed by atoms with E-state index in [1.54, 1.807) is 0 Å². The van der Waals surface area contributed by atoms with Gasteiger partial charge in [-0.25, -0.2) is 0 Å². The third kappa shape index (κ3) is 20.6. The Morgan fingerprint density at radius 2 is 1.06 bits per heavy atom. The Labute approximate surface area is 210 Å². The average Bonchev–Trinajstić information content (AvgIpc) is 2.77. The van der Waals surface area contributed by atoms with E-state index in [-0.39, 0.29) is 11.4 Å². The summed E-state index contributed by atoms with van der Waals surface area (Å²) in [4.78, 5) is 12.8. The molecule has 0 saturated heterocycles. The Balaban J connectivity index is 3.57. The first-order valence-corrected chi connectivity index (χ1v) is 16.2. The smallest absolute Gasteiger partial charge is 0.297 e. The van der Waals surface area contributed by atoms with Gasteiger partial charge in [0.2, 0.25) is 9.76 Å². The van der Waals surface area contributed by atoms with E-state index in [9.17, 15) is 4.79 Å². The molecule has 0 aromatic carbocycles. The fourth-order valence-corrected chi connectivity index (χ4v) is 5.89. The van der Waals surface area contributed by atoms with Crippen molar-refractivity contribution in [1.82, 2.24) is 0 Å². The average molecular weight is 487 g/mol. The van der Waals surface area contributed by atoms with Gasteiger partial charge in [-0.1, -0.05) is 136 Å². The number of hydrogen-bond acceptors (Lipinski definition) is 3. The summed E-state index contributed by atoms with van der Waals surface area (Å²) in [6.07, 6.45) is 27.7. The summed E-state index contributed by atoms with van der Waals surface area (Å²) in [5.74, 6) is 0.0175. The van der Waals surface area contributed by atoms with Crippen LogP contribution in [0.25, 0.3) is 0 Å². The molecule has 0 radical (unpaired) electrons. The van der Waals surface area contributed by atoms with Crippen LogP contribution in [0.2, 0.25) is 0 Å². The maximum absolute atomic E-state index is 12.5. The van der Waals surface area contributed by atoms with Gasteiger partial charge in [-0.3, -0.25) is 4.79 Å². The summed E-state index contributed by atoms with van der Waals surface area (Å²) in [6, 6.07) is 0. The predicted octanol–water partition coefficient (Wildman–Crippen LogP) is 9.13. The number of carbonyl (C=O) groups excluding carboxylic acids is 1. The first-order valence-electron chi connectivity index (χ1n) is 14.3. The molecular weight excluding hydrogens is 428 g/mol. The third-order valence-electron chi connectivity index (χ3n) is 6.76. The van der Waals surface area contributed by atoms with Crippen molar-refractivity contribution in [2.45, 2.75) is 167 Å². The van der Waals surface area contributed by atoms with E-state index < -0.39 is 9.76 Å². The first kappa shape index (κ1) is 32.0. The molecule has 32 heavy (non-hydrogen) atoms. The molecule has 0 amide bonds. The highest BCUT2D eigenvalue weighted by molar-refractivity contribution is 7.82. The number of carbonyl (C=O) groups is 1. The van der Waals surface area contributed by atoms with Crippen LogP contribution in [-0.2, 0) is 9.22 Å². The Morgan fingerprint density at radius 1 is 0.688 bits per heavy atom. The minimum absolute atomic E-state index is 0.0175. The summed E-state index contributed by atoms with van der Waals surface area (Å²) >= 11 is 4.67. The molecule has 0 aromatic rings. The summed E-state index contributed by atoms with van der Waals surface area (Å²) in [5.41, 5.74) is -0.335. The molecular formula is C28H58O2SSi. The Hall–Kier alpha value is 0.0369. The zero-order valence-electron chi connectivity index (χ0n) is 22.4. The molecule has 1 unspecified atom stereocenters. The Kier molecular flexibility index (Phi) is 22.8. The van der Waals surface area contributed by atoms with Gasteiger partial charge in [0.05, 0.1) is 5.41 Å². The van der Waals surface area contributed by atoms with Crippen molar-refractivity contribution in [3.63, 3.8) is 0 Å². The number of hydrogen-bond donors (Lipinski definition) is 1. The minimum Gasteiger partial charge on any atom is -0.523 e. The standard InChI is InChI=1S/C28H58O2SSi/c1-5-7-9-11-12-13-14-15-16-17-18-19-21-23-25-28(3,4)27(29)30-32-26(31)24-22-20-10-8-6-2/h26,31H,5-25,32H2,1-4H3. The van der Waals surface area contributed by atoms with Crippen LogP contribution in [0.1, 0.15) is 163 Å². The molecule has 1 atom stereocenters. The molecule has 0 spiro atoms. The predicted molar refractivity (Wildman–Crippen MR) is 149 cm³/mol. The molecule has 0 aliphatic rings. The van der Waals surface area contributed by atoms with Crippen molar-refractivity contribution < 1.29 is 9.22 Å². The molecule has 0 saturated carbocycles. The third-order valence-corrected chi connectivity index (χ3v) is 8.68. The van der Waals surface area contributed by atoms with Gasteiger partial charge < -0.3 is 4.43 Å². The Morgan fingerprint density at radius 3 is 1.50 bits per heavy atom. The molecule has 0 aromatic heterocycles. The summed E-state index contributed by atoms with van der Waals surface area (Å²) < 4.78 is 5.74. The quantitative estimate of drug-likeness (QED) is 0.0836. The highest BCUT2D eigenvalue weighted by Crippen LogP contribution is 2.26. The van der Waals surface area contributed by atoms with Gasteiger partial charge in [0, 0.05) is 4.87 Å². The summed E-state index contributed by atoms with van der Waals surface area (Å²) in [7, 11) is -0.871. The van der Waals surface area contributed by atoms with Crippen LogP contribution in [0.15, 0.2) is 0 Å². The van der Waals surface area contributed by atoms with E-state index in [0.717, 1.165) is 19.3 Å². The second-order valence-corrected chi connectivity index (χ2v) is 13.7. The van der Waals surface area contributed by atoms with Gasteiger partial charge in [-0.15, -0.1) is 0 Å². The molecule has 4 heteroatoms. The maximum atomic E-state index is 12.5. The fourth-order valence-electron chi connectivity index (χ4n) is 4.30. The van der Waals surface area contributed by atoms with Crippen LogP contribution in [-0.4, -0.2) is 20.6 Å². The van der Waals surface area contributed by atoms with Crippen molar-refractivity contribution in [2.75, 3.05) is 0 Å². The van der Waals surface area contributed by atoms with Crippen LogP contribution < -0.4 is 0 Å². The van der Waals surface area contributed by atoms with Gasteiger partial charge in [-0.05, 0) is 26.7 Å². The zero-order valence-corrected chi connectivity index (χ0v) is 24.7. The monoisotopic (exact) mass is 486 g/mol. The number of rotatable bonds is 24. The van der Waals surface area contributed by atoms with Crippen LogP contribution in [0.4, 0.5) is 0 Å². The van der Waals surface area contributed by atoms with Gasteiger partial charge in [0.25, 0.3) is 5.97 Å². The van der Waals surface area contributed by atoms with E-state index in [2.05, 4.69) is 40.3 Å². The molecule has 0 fully saturated rings. The van der Waals surface area contributed by atoms with Crippen molar-refractivity contribution in [1.29, 1.82) is 0 Å². The fraction of sp³-hybridized carbons (Fsp3) is 0.964. The summed E-state index contributed by atoms with van der Waals surface area (Å²) in [6.45, 7) is 8.65. The number of unbranched alkanes of at least 4 members (excludes halogenated alkanes) is 17. The largest absolute Gasteiger partial charge is 0.523 e. The van der Waals surface area contributed by atoms with E-state index in [0.29, 0.717) is 4.87 Å². The van der Waals surface area contributed by atoms with Crippen LogP contribution in [0.3, 0.4) is 0 Å². The normalized spacial score (nSPS) is 13.2. The van der Waals surface area contributed by atoms with Gasteiger partial charge in [0.1, 0.15) is 0 Å². The van der Waals surface area contributed by atoms with E-state index >= 15 is 0 Å². The lowest BCUT2D eigenvalue weighted by molar-refractivity contribution is -0.144. The highest BCUT2D eigenvalue weighted by Gasteiger charge is 2.28. The van der Waals surface area contributed by atoms with Gasteiger partial charge >= 0.3 is 0 Å². The molecule has 192 valence electrons. The zero-order chi connectivity index (χ0) is 23.9. The lowest BCUT2D eigenvalue weighted by Crippen LogP contribution is -2.30. The molecule has 0 rings (SSSR count). The Bertz CT molecular complexity index is 414. The van der Waals surface area contributed by atoms with Crippen molar-refractivity contribution in [3.05, 3.63) is 0 Å². The summed E-state index contributed by atoms with van der Waals surface area (Å²) in [5, 5.41) is 0. The molecule has 0 N–H and O–H groups in total. The molecule has 0 bridgehead atoms. The lowest BCUT2D eigenvalue weighted by Gasteiger charge is -2.24. The van der Waals surface area contributed by atoms with E-state index in [1.165, 1.54) is 116 Å². The topological polar surface area (TPSA) is 26.3 Å². The molecule has 0 aliphatic carbocycles. The first-order chi connectivity index (χ1) is 15.4. The lowest BCUT2D eigenvalue weighted by atomic mass is 9.87. The number of thiol groups is 1. The molecule has 0 aliphatic heterocycles. The van der Waals surface area contributed by atoms with Crippen molar-refractivity contribution >= 4 is 28.4 Å². The van der Waals surface area contributed by atoms with E-state index in [1.807, 2.05) is 0 Å². The second-order valence-electron chi connectivity index (χ2n) is 10.7. The SMILES string of the molecule is CCCCCCCCCCCCCCCCC(C)(C)C(=O)O[SiH2]C(S)CCCCCCC. The van der Waals surface area contributed by atoms with Crippen molar-refractivity contribution in [2.24, 2.45) is 5.41 Å². The van der Waals surface area contributed by atoms with Gasteiger partial charge in [-0.2, -0.15) is 12.6 Å². The maximum Gasteiger partial charge on any atom is 0.297 e. The van der Waals surface area contributed by atoms with Crippen LogP contribution >= 0.6 is 12.6 Å². The molecule has 0 heterocycles. The second kappa shape index (κ2) is 22.8. The van der Waals surface area contributed by atoms with Crippen molar-refractivity contribution in [3.8, 4) is 0 Å².